The molecule has 0 spiro atoms. The summed E-state index contributed by atoms with van der Waals surface area (Å²) in [5.41, 5.74) is 0. The van der Waals surface area contributed by atoms with E-state index in [4.69, 9.17) is 0 Å². The van der Waals surface area contributed by atoms with Crippen molar-refractivity contribution in [1.82, 2.24) is 0 Å². The van der Waals surface area contributed by atoms with Crippen LogP contribution in [-0.2, 0) is 0 Å². The Morgan fingerprint density at radius 1 is 0.812 bits per heavy atom. The summed E-state index contributed by atoms with van der Waals surface area (Å²) in [5, 5.41) is 0. The molecule has 0 amide bonds. The zero-order valence-corrected chi connectivity index (χ0v) is 13.4. The largest absolute Gasteiger partial charge is 0.0695 e. The maximum absolute atomic E-state index is 2.50. The van der Waals surface area contributed by atoms with Crippen LogP contribution < -0.4 is 0 Å². The van der Waals surface area contributed by atoms with Crippen molar-refractivity contribution in [2.45, 2.75) is 90.9 Å². The third-order valence-electron chi connectivity index (χ3n) is 3.60. The van der Waals surface area contributed by atoms with Crippen LogP contribution in [0, 0.1) is 5.92 Å². The number of hydrogen-bond donors (Lipinski definition) is 0. The molecule has 0 rings (SSSR count). The maximum atomic E-state index is 2.50. The lowest BCUT2D eigenvalue weighted by Gasteiger charge is -2.20. The summed E-state index contributed by atoms with van der Waals surface area (Å²) in [5.74, 6) is 1.02. The molecule has 1 atom stereocenters. The van der Waals surface area contributed by atoms with Gasteiger partial charge in [-0.3, -0.25) is 0 Å². The summed E-state index contributed by atoms with van der Waals surface area (Å²) < 4.78 is 0. The molecule has 0 radical (unpaired) electrons. The van der Waals surface area contributed by atoms with Gasteiger partial charge in [-0.05, 0) is 5.92 Å². The van der Waals surface area contributed by atoms with Gasteiger partial charge in [0.15, 0.2) is 0 Å². The number of rotatable bonds is 10. The van der Waals surface area contributed by atoms with Crippen molar-refractivity contribution in [2.75, 3.05) is 0 Å². The Labute approximate surface area is 105 Å². The van der Waals surface area contributed by atoms with Crippen molar-refractivity contribution in [1.29, 1.82) is 0 Å². The molecule has 0 saturated heterocycles. The molecule has 0 aromatic carbocycles. The average Bonchev–Trinajstić information content (AvgIpc) is 2.21. The van der Waals surface area contributed by atoms with E-state index in [2.05, 4.69) is 33.5 Å². The standard InChI is InChI=1S/C15H34Si/c1-6-8-9-10-11-12-15(7-2)13-14-16(3,4)5/h15H,6-14H2,1-5H3. The number of hydrogen-bond acceptors (Lipinski definition) is 0. The fraction of sp³-hybridized carbons (Fsp3) is 1.00. The first-order valence-electron chi connectivity index (χ1n) is 7.49. The van der Waals surface area contributed by atoms with Gasteiger partial charge in [0, 0.05) is 8.07 Å². The summed E-state index contributed by atoms with van der Waals surface area (Å²) in [7, 11) is -0.796. The van der Waals surface area contributed by atoms with E-state index < -0.39 is 8.07 Å². The molecule has 0 nitrogen and oxygen atoms in total. The Morgan fingerprint density at radius 2 is 1.44 bits per heavy atom. The molecule has 0 aliphatic rings. The zero-order chi connectivity index (χ0) is 12.4. The SMILES string of the molecule is CCCCCCCC(CC)CC[Si](C)(C)C. The highest BCUT2D eigenvalue weighted by Gasteiger charge is 2.15. The second-order valence-corrected chi connectivity index (χ2v) is 12.2. The Morgan fingerprint density at radius 3 is 1.94 bits per heavy atom. The zero-order valence-electron chi connectivity index (χ0n) is 12.4. The molecule has 0 bridgehead atoms. The van der Waals surface area contributed by atoms with Gasteiger partial charge < -0.3 is 0 Å². The monoisotopic (exact) mass is 242 g/mol. The van der Waals surface area contributed by atoms with Crippen LogP contribution in [0.3, 0.4) is 0 Å². The van der Waals surface area contributed by atoms with E-state index in [0.717, 1.165) is 5.92 Å². The highest BCUT2D eigenvalue weighted by Crippen LogP contribution is 2.23. The second-order valence-electron chi connectivity index (χ2n) is 6.58. The van der Waals surface area contributed by atoms with Gasteiger partial charge in [0.1, 0.15) is 0 Å². The van der Waals surface area contributed by atoms with Gasteiger partial charge in [-0.1, -0.05) is 90.9 Å². The van der Waals surface area contributed by atoms with Crippen molar-refractivity contribution < 1.29 is 0 Å². The van der Waals surface area contributed by atoms with Crippen molar-refractivity contribution in [2.24, 2.45) is 5.92 Å². The van der Waals surface area contributed by atoms with Crippen LogP contribution in [0.25, 0.3) is 0 Å². The molecule has 0 fully saturated rings. The fourth-order valence-corrected chi connectivity index (χ4v) is 3.50. The first-order chi connectivity index (χ1) is 7.49. The van der Waals surface area contributed by atoms with Gasteiger partial charge in [-0.2, -0.15) is 0 Å². The summed E-state index contributed by atoms with van der Waals surface area (Å²) in [6.07, 6.45) is 11.6. The minimum absolute atomic E-state index is 0.796. The van der Waals surface area contributed by atoms with Crippen LogP contribution >= 0.6 is 0 Å². The average molecular weight is 243 g/mol. The molecule has 16 heavy (non-hydrogen) atoms. The summed E-state index contributed by atoms with van der Waals surface area (Å²) in [4.78, 5) is 0. The van der Waals surface area contributed by atoms with E-state index in [0.29, 0.717) is 0 Å². The van der Waals surface area contributed by atoms with Crippen LogP contribution in [-0.4, -0.2) is 8.07 Å². The minimum atomic E-state index is -0.796. The molecule has 0 saturated carbocycles. The third-order valence-corrected chi connectivity index (χ3v) is 5.38. The van der Waals surface area contributed by atoms with Gasteiger partial charge in [-0.25, -0.2) is 0 Å². The molecule has 0 aliphatic carbocycles. The van der Waals surface area contributed by atoms with Gasteiger partial charge in [0.05, 0.1) is 0 Å². The molecular formula is C15H34Si. The Kier molecular flexibility index (Phi) is 9.39. The lowest BCUT2D eigenvalue weighted by Crippen LogP contribution is -2.20. The molecule has 98 valence electrons. The Balaban J connectivity index is 3.52. The van der Waals surface area contributed by atoms with E-state index in [-0.39, 0.29) is 0 Å². The van der Waals surface area contributed by atoms with Gasteiger partial charge in [-0.15, -0.1) is 0 Å². The Bertz CT molecular complexity index is 146. The smallest absolute Gasteiger partial charge is 0.0442 e. The van der Waals surface area contributed by atoms with Crippen LogP contribution in [0.5, 0.6) is 0 Å². The first-order valence-corrected chi connectivity index (χ1v) is 11.2. The third kappa shape index (κ3) is 10.7. The van der Waals surface area contributed by atoms with Gasteiger partial charge in [0.25, 0.3) is 0 Å². The molecule has 1 heteroatoms. The molecule has 0 aromatic rings. The van der Waals surface area contributed by atoms with Gasteiger partial charge >= 0.3 is 0 Å². The minimum Gasteiger partial charge on any atom is -0.0695 e. The molecule has 0 N–H and O–H groups in total. The highest BCUT2D eigenvalue weighted by molar-refractivity contribution is 6.76. The van der Waals surface area contributed by atoms with Crippen molar-refractivity contribution in [3.63, 3.8) is 0 Å². The predicted octanol–water partition coefficient (Wildman–Crippen LogP) is 6.10. The van der Waals surface area contributed by atoms with E-state index >= 15 is 0 Å². The molecular weight excluding hydrogens is 208 g/mol. The van der Waals surface area contributed by atoms with E-state index in [1.54, 1.807) is 0 Å². The molecule has 0 heterocycles. The van der Waals surface area contributed by atoms with Crippen LogP contribution in [0.2, 0.25) is 25.7 Å². The predicted molar refractivity (Wildman–Crippen MR) is 79.9 cm³/mol. The van der Waals surface area contributed by atoms with E-state index in [1.165, 1.54) is 57.4 Å². The summed E-state index contributed by atoms with van der Waals surface area (Å²) >= 11 is 0. The fourth-order valence-electron chi connectivity index (χ4n) is 2.23. The number of unbranched alkanes of at least 4 members (excludes halogenated alkanes) is 4. The molecule has 0 aromatic heterocycles. The topological polar surface area (TPSA) is 0 Å². The first kappa shape index (κ1) is 16.2. The van der Waals surface area contributed by atoms with Crippen LogP contribution in [0.15, 0.2) is 0 Å². The second kappa shape index (κ2) is 9.27. The Hall–Kier alpha value is 0.217. The van der Waals surface area contributed by atoms with Crippen LogP contribution in [0.1, 0.15) is 65.2 Å². The molecule has 1 unspecified atom stereocenters. The van der Waals surface area contributed by atoms with Crippen LogP contribution in [0.4, 0.5) is 0 Å². The van der Waals surface area contributed by atoms with Crippen molar-refractivity contribution in [3.8, 4) is 0 Å². The quantitative estimate of drug-likeness (QED) is 0.321. The van der Waals surface area contributed by atoms with Gasteiger partial charge in [0.2, 0.25) is 0 Å². The lowest BCUT2D eigenvalue weighted by molar-refractivity contribution is 0.426. The van der Waals surface area contributed by atoms with Crippen molar-refractivity contribution >= 4 is 8.07 Å². The highest BCUT2D eigenvalue weighted by atomic mass is 28.3. The van der Waals surface area contributed by atoms with E-state index in [1.807, 2.05) is 0 Å². The lowest BCUT2D eigenvalue weighted by atomic mass is 9.96. The summed E-state index contributed by atoms with van der Waals surface area (Å²) in [6.45, 7) is 12.2. The summed E-state index contributed by atoms with van der Waals surface area (Å²) in [6, 6.07) is 1.53. The maximum Gasteiger partial charge on any atom is 0.0442 e. The normalized spacial score (nSPS) is 14.1. The molecule has 0 aliphatic heterocycles. The van der Waals surface area contributed by atoms with Crippen molar-refractivity contribution in [3.05, 3.63) is 0 Å². The van der Waals surface area contributed by atoms with E-state index in [9.17, 15) is 0 Å².